The summed E-state index contributed by atoms with van der Waals surface area (Å²) in [6, 6.07) is 11.0. The van der Waals surface area contributed by atoms with Gasteiger partial charge in [0.05, 0.1) is 0 Å². The van der Waals surface area contributed by atoms with Crippen LogP contribution in [0.25, 0.3) is 0 Å². The van der Waals surface area contributed by atoms with Gasteiger partial charge in [0.2, 0.25) is 0 Å². The fraction of sp³-hybridized carbons (Fsp3) is 0.400. The van der Waals surface area contributed by atoms with Crippen LogP contribution in [0.5, 0.6) is 5.75 Å². The van der Waals surface area contributed by atoms with Gasteiger partial charge in [0.1, 0.15) is 11.9 Å². The minimum Gasteiger partial charge on any atom is -0.489 e. The number of benzene rings is 2. The number of rotatable bonds is 3. The Labute approximate surface area is 133 Å². The SMILES string of the molecule is Cc1cc2c(c(C)c1N)CC(Cc1ccc(C(C)C)cc1)O2. The van der Waals surface area contributed by atoms with Crippen LogP contribution in [0.4, 0.5) is 5.69 Å². The summed E-state index contributed by atoms with van der Waals surface area (Å²) in [5.74, 6) is 1.60. The predicted octanol–water partition coefficient (Wildman–Crippen LogP) is 4.56. The van der Waals surface area contributed by atoms with Gasteiger partial charge in [0.25, 0.3) is 0 Å². The van der Waals surface area contributed by atoms with Gasteiger partial charge in [0, 0.05) is 24.1 Å². The van der Waals surface area contributed by atoms with Gasteiger partial charge in [-0.1, -0.05) is 38.1 Å². The highest BCUT2D eigenvalue weighted by Gasteiger charge is 2.26. The second-order valence-corrected chi connectivity index (χ2v) is 6.75. The molecule has 2 aromatic carbocycles. The molecule has 0 radical (unpaired) electrons. The molecule has 1 aliphatic rings. The summed E-state index contributed by atoms with van der Waals surface area (Å²) in [4.78, 5) is 0. The van der Waals surface area contributed by atoms with Crippen molar-refractivity contribution in [2.45, 2.75) is 52.6 Å². The van der Waals surface area contributed by atoms with Gasteiger partial charge in [0.15, 0.2) is 0 Å². The van der Waals surface area contributed by atoms with Gasteiger partial charge < -0.3 is 10.5 Å². The summed E-state index contributed by atoms with van der Waals surface area (Å²) in [6.45, 7) is 8.59. The molecule has 0 aromatic heterocycles. The molecule has 2 heteroatoms. The normalized spacial score (nSPS) is 16.7. The van der Waals surface area contributed by atoms with Crippen molar-refractivity contribution in [3.63, 3.8) is 0 Å². The second-order valence-electron chi connectivity index (χ2n) is 6.75. The Morgan fingerprint density at radius 2 is 1.86 bits per heavy atom. The molecule has 1 unspecified atom stereocenters. The summed E-state index contributed by atoms with van der Waals surface area (Å²) in [7, 11) is 0. The molecule has 1 atom stereocenters. The maximum absolute atomic E-state index is 6.15. The van der Waals surface area contributed by atoms with Gasteiger partial charge in [-0.3, -0.25) is 0 Å². The maximum Gasteiger partial charge on any atom is 0.123 e. The number of nitrogen functional groups attached to an aromatic ring is 1. The monoisotopic (exact) mass is 295 g/mol. The number of anilines is 1. The highest BCUT2D eigenvalue weighted by atomic mass is 16.5. The Bertz CT molecular complexity index is 686. The van der Waals surface area contributed by atoms with E-state index in [4.69, 9.17) is 10.5 Å². The molecule has 0 saturated carbocycles. The van der Waals surface area contributed by atoms with E-state index < -0.39 is 0 Å². The summed E-state index contributed by atoms with van der Waals surface area (Å²) in [6.07, 6.45) is 2.13. The van der Waals surface area contributed by atoms with Crippen LogP contribution in [0, 0.1) is 13.8 Å². The van der Waals surface area contributed by atoms with E-state index in [0.29, 0.717) is 5.92 Å². The van der Waals surface area contributed by atoms with Gasteiger partial charge in [-0.15, -0.1) is 0 Å². The lowest BCUT2D eigenvalue weighted by atomic mass is 9.96. The van der Waals surface area contributed by atoms with Crippen LogP contribution in [-0.4, -0.2) is 6.10 Å². The van der Waals surface area contributed by atoms with Crippen molar-refractivity contribution in [1.82, 2.24) is 0 Å². The van der Waals surface area contributed by atoms with Crippen molar-refractivity contribution in [3.8, 4) is 5.75 Å². The fourth-order valence-electron chi connectivity index (χ4n) is 3.23. The molecule has 2 N–H and O–H groups in total. The molecule has 22 heavy (non-hydrogen) atoms. The van der Waals surface area contributed by atoms with Crippen LogP contribution in [-0.2, 0) is 12.8 Å². The van der Waals surface area contributed by atoms with E-state index >= 15 is 0 Å². The fourth-order valence-corrected chi connectivity index (χ4v) is 3.23. The molecule has 2 nitrogen and oxygen atoms in total. The average Bonchev–Trinajstić information content (AvgIpc) is 2.88. The standard InChI is InChI=1S/C20H25NO/c1-12(2)16-7-5-15(6-8-16)10-17-11-18-14(4)20(21)13(3)9-19(18)22-17/h5-9,12,17H,10-11,21H2,1-4H3. The molecule has 0 spiro atoms. The van der Waals surface area contributed by atoms with Gasteiger partial charge >= 0.3 is 0 Å². The third-order valence-electron chi connectivity index (χ3n) is 4.76. The van der Waals surface area contributed by atoms with Crippen LogP contribution < -0.4 is 10.5 Å². The van der Waals surface area contributed by atoms with Crippen LogP contribution in [0.1, 0.15) is 47.6 Å². The Morgan fingerprint density at radius 3 is 2.50 bits per heavy atom. The van der Waals surface area contributed by atoms with Gasteiger partial charge in [-0.05, 0) is 48.1 Å². The minimum absolute atomic E-state index is 0.222. The first-order chi connectivity index (χ1) is 10.5. The number of ether oxygens (including phenoxy) is 1. The zero-order valence-corrected chi connectivity index (χ0v) is 13.9. The molecular formula is C20H25NO. The van der Waals surface area contributed by atoms with Crippen LogP contribution in [0.2, 0.25) is 0 Å². The molecule has 0 fully saturated rings. The van der Waals surface area contributed by atoms with E-state index in [2.05, 4.69) is 51.1 Å². The van der Waals surface area contributed by atoms with Crippen molar-refractivity contribution >= 4 is 5.69 Å². The van der Waals surface area contributed by atoms with Crippen molar-refractivity contribution in [3.05, 3.63) is 58.1 Å². The topological polar surface area (TPSA) is 35.2 Å². The summed E-state index contributed by atoms with van der Waals surface area (Å²) in [5.41, 5.74) is 13.4. The lowest BCUT2D eigenvalue weighted by Crippen LogP contribution is -2.16. The summed E-state index contributed by atoms with van der Waals surface area (Å²) in [5, 5.41) is 0. The average molecular weight is 295 g/mol. The Hall–Kier alpha value is -1.96. The smallest absolute Gasteiger partial charge is 0.123 e. The number of hydrogen-bond donors (Lipinski definition) is 1. The maximum atomic E-state index is 6.15. The van der Waals surface area contributed by atoms with Crippen molar-refractivity contribution in [2.24, 2.45) is 0 Å². The molecule has 2 aromatic rings. The van der Waals surface area contributed by atoms with E-state index in [0.717, 1.165) is 29.8 Å². The molecule has 0 amide bonds. The quantitative estimate of drug-likeness (QED) is 0.843. The Morgan fingerprint density at radius 1 is 1.18 bits per heavy atom. The van der Waals surface area contributed by atoms with E-state index in [-0.39, 0.29) is 6.10 Å². The number of aryl methyl sites for hydroxylation is 1. The van der Waals surface area contributed by atoms with Crippen molar-refractivity contribution < 1.29 is 4.74 Å². The number of hydrogen-bond acceptors (Lipinski definition) is 2. The molecule has 0 bridgehead atoms. The minimum atomic E-state index is 0.222. The molecule has 0 aliphatic carbocycles. The summed E-state index contributed by atoms with van der Waals surface area (Å²) < 4.78 is 6.15. The first kappa shape index (κ1) is 15.0. The van der Waals surface area contributed by atoms with E-state index in [1.54, 1.807) is 0 Å². The third-order valence-corrected chi connectivity index (χ3v) is 4.76. The number of nitrogens with two attached hydrogens (primary N) is 1. The Kier molecular flexibility index (Phi) is 3.86. The van der Waals surface area contributed by atoms with Gasteiger partial charge in [-0.2, -0.15) is 0 Å². The predicted molar refractivity (Wildman–Crippen MR) is 92.7 cm³/mol. The number of fused-ring (bicyclic) bond motifs is 1. The second kappa shape index (κ2) is 5.68. The molecular weight excluding hydrogens is 270 g/mol. The van der Waals surface area contributed by atoms with Gasteiger partial charge in [-0.25, -0.2) is 0 Å². The lowest BCUT2D eigenvalue weighted by molar-refractivity contribution is 0.233. The molecule has 3 rings (SSSR count). The molecule has 116 valence electrons. The first-order valence-electron chi connectivity index (χ1n) is 8.09. The largest absolute Gasteiger partial charge is 0.489 e. The zero-order chi connectivity index (χ0) is 15.9. The summed E-state index contributed by atoms with van der Waals surface area (Å²) >= 11 is 0. The van der Waals surface area contributed by atoms with E-state index in [1.807, 2.05) is 6.92 Å². The molecule has 1 aliphatic heterocycles. The highest BCUT2D eigenvalue weighted by molar-refractivity contribution is 5.62. The van der Waals surface area contributed by atoms with Crippen LogP contribution in [0.3, 0.4) is 0 Å². The van der Waals surface area contributed by atoms with Crippen LogP contribution in [0.15, 0.2) is 30.3 Å². The van der Waals surface area contributed by atoms with Crippen molar-refractivity contribution in [2.75, 3.05) is 5.73 Å². The lowest BCUT2D eigenvalue weighted by Gasteiger charge is -2.12. The molecule has 1 heterocycles. The first-order valence-corrected chi connectivity index (χ1v) is 8.09. The van der Waals surface area contributed by atoms with E-state index in [9.17, 15) is 0 Å². The molecule has 0 saturated heterocycles. The van der Waals surface area contributed by atoms with Crippen LogP contribution >= 0.6 is 0 Å². The highest BCUT2D eigenvalue weighted by Crippen LogP contribution is 2.37. The Balaban J connectivity index is 1.75. The van der Waals surface area contributed by atoms with Crippen molar-refractivity contribution in [1.29, 1.82) is 0 Å². The third kappa shape index (κ3) is 2.70. The zero-order valence-electron chi connectivity index (χ0n) is 13.9. The van der Waals surface area contributed by atoms with E-state index in [1.165, 1.54) is 22.3 Å².